The number of nitrogens with two attached hydrogens (primary N) is 1. The average molecular weight is 919 g/mol. The van der Waals surface area contributed by atoms with Gasteiger partial charge in [0.1, 0.15) is 23.9 Å². The molecule has 7 atom stereocenters. The highest BCUT2D eigenvalue weighted by Gasteiger charge is 2.42. The molecule has 0 spiro atoms. The predicted molar refractivity (Wildman–Crippen MR) is 236 cm³/mol. The van der Waals surface area contributed by atoms with E-state index in [1.165, 1.54) is 17.6 Å². The number of carbonyl (C=O) groups excluding carboxylic acids is 9. The van der Waals surface area contributed by atoms with E-state index in [-0.39, 0.29) is 55.0 Å². The van der Waals surface area contributed by atoms with Crippen molar-refractivity contribution in [2.24, 2.45) is 23.5 Å². The van der Waals surface area contributed by atoms with Crippen LogP contribution in [0.1, 0.15) is 91.0 Å². The Hall–Kier alpha value is -5.64. The molecular formula is C42H66N10O11S. The molecule has 3 rings (SSSR count). The number of thioether (sulfide) groups is 1. The zero-order chi connectivity index (χ0) is 47.3. The molecule has 0 bridgehead atoms. The second-order valence-corrected chi connectivity index (χ2v) is 18.2. The van der Waals surface area contributed by atoms with Gasteiger partial charge in [0.15, 0.2) is 0 Å². The Morgan fingerprint density at radius 3 is 2.14 bits per heavy atom. The largest absolute Gasteiger partial charge is 0.508 e. The lowest BCUT2D eigenvalue weighted by Gasteiger charge is -2.27. The Labute approximate surface area is 377 Å². The third kappa shape index (κ3) is 18.6. The molecule has 1 aromatic carbocycles. The number of benzene rings is 1. The van der Waals surface area contributed by atoms with Gasteiger partial charge < -0.3 is 53.4 Å². The van der Waals surface area contributed by atoms with E-state index in [0.717, 1.165) is 25.0 Å². The van der Waals surface area contributed by atoms with Crippen LogP contribution >= 0.6 is 11.8 Å². The number of hydrogen-bond donors (Lipinski definition) is 12. The van der Waals surface area contributed by atoms with Crippen molar-refractivity contribution >= 4 is 65.1 Å². The topological polar surface area (TPSA) is 328 Å². The van der Waals surface area contributed by atoms with E-state index in [2.05, 4.69) is 42.5 Å². The number of rotatable bonds is 28. The number of nitrogens with one attached hydrogen (secondary N) is 9. The normalized spacial score (nSPS) is 18.3. The number of hydrogen-bond acceptors (Lipinski definition) is 12. The highest BCUT2D eigenvalue weighted by molar-refractivity contribution is 8.00. The summed E-state index contributed by atoms with van der Waals surface area (Å²) in [6, 6.07) is 2.62. The molecule has 1 aromatic rings. The van der Waals surface area contributed by atoms with Gasteiger partial charge in [0.2, 0.25) is 47.3 Å². The van der Waals surface area contributed by atoms with Gasteiger partial charge in [0.05, 0.1) is 25.2 Å². The molecule has 22 heteroatoms. The number of unbranched alkanes of at least 4 members (excludes halogenated alkanes) is 2. The second kappa shape index (κ2) is 26.9. The van der Waals surface area contributed by atoms with Crippen LogP contribution in [0, 0.1) is 17.8 Å². The van der Waals surface area contributed by atoms with Crippen molar-refractivity contribution in [3.8, 4) is 5.75 Å². The van der Waals surface area contributed by atoms with Crippen LogP contribution < -0.4 is 53.7 Å². The van der Waals surface area contributed by atoms with E-state index in [9.17, 15) is 48.3 Å². The van der Waals surface area contributed by atoms with Gasteiger partial charge in [-0.05, 0) is 68.1 Å². The minimum Gasteiger partial charge on any atom is -0.508 e. The predicted octanol–water partition coefficient (Wildman–Crippen LogP) is -0.667. The number of fused-ring (bicyclic) bond motifs is 1. The van der Waals surface area contributed by atoms with Gasteiger partial charge >= 0.3 is 6.03 Å². The molecule has 13 N–H and O–H groups in total. The Kier molecular flexibility index (Phi) is 22.1. The Balaban J connectivity index is 1.43. The minimum absolute atomic E-state index is 0.00868. The van der Waals surface area contributed by atoms with Crippen LogP contribution in [-0.4, -0.2) is 124 Å². The molecule has 21 nitrogen and oxygen atoms in total. The molecular weight excluding hydrogens is 853 g/mol. The number of phenols is 1. The molecule has 2 fully saturated rings. The van der Waals surface area contributed by atoms with Crippen LogP contribution in [0.2, 0.25) is 0 Å². The van der Waals surface area contributed by atoms with E-state index in [0.29, 0.717) is 43.0 Å². The summed E-state index contributed by atoms with van der Waals surface area (Å²) >= 11 is 1.83. The highest BCUT2D eigenvalue weighted by atomic mass is 32.2. The minimum atomic E-state index is -1.26. The van der Waals surface area contributed by atoms with Crippen LogP contribution in [-0.2, 0) is 44.8 Å². The monoisotopic (exact) mass is 918 g/mol. The summed E-state index contributed by atoms with van der Waals surface area (Å²) in [5.74, 6) is -5.63. The molecule has 64 heavy (non-hydrogen) atoms. The smallest absolute Gasteiger partial charge is 0.315 e. The van der Waals surface area contributed by atoms with Crippen molar-refractivity contribution in [1.82, 2.24) is 48.0 Å². The number of phenolic OH excluding ortho intramolecular Hbond substituents is 1. The van der Waals surface area contributed by atoms with Crippen molar-refractivity contribution in [1.29, 1.82) is 0 Å². The Bertz CT molecular complexity index is 1780. The van der Waals surface area contributed by atoms with Crippen molar-refractivity contribution in [3.63, 3.8) is 0 Å². The molecule has 356 valence electrons. The van der Waals surface area contributed by atoms with Crippen LogP contribution in [0.3, 0.4) is 0 Å². The number of hydroxylamine groups is 1. The standard InChI is InChI=1S/C42H66N10O11S/c1-23(2)17-26(19-33(55)52-63)39(59)50-36(24(3)4)41(61)48-29(18-25-12-14-27(53)15-13-25)40(60)46-20-34(56)45-21-35(57)47-28(38(43)58)9-7-8-16-44-32(54)11-6-5-10-31-37-30(22-64-31)49-42(62)51-37/h12-15,23-24,26,28-31,36-37,53,63H,5-11,16-22H2,1-4H3,(H2,43,58)(H,44,54)(H,45,56)(H,46,60)(H,47,57)(H,48,61)(H,50,59)(H,52,55)(H2,49,51,62)/t26?,28-,29-,30-,31-,36-,37-/m0/s1. The fourth-order valence-electron chi connectivity index (χ4n) is 7.39. The maximum Gasteiger partial charge on any atom is 0.315 e. The molecule has 2 heterocycles. The maximum atomic E-state index is 13.6. The van der Waals surface area contributed by atoms with Crippen LogP contribution in [0.15, 0.2) is 24.3 Å². The Morgan fingerprint density at radius 1 is 0.781 bits per heavy atom. The van der Waals surface area contributed by atoms with E-state index >= 15 is 0 Å². The first kappa shape index (κ1) is 52.7. The summed E-state index contributed by atoms with van der Waals surface area (Å²) in [6.07, 6.45) is 3.96. The molecule has 1 unspecified atom stereocenters. The molecule has 0 aromatic heterocycles. The van der Waals surface area contributed by atoms with Gasteiger partial charge in [0.25, 0.3) is 0 Å². The van der Waals surface area contributed by atoms with Crippen LogP contribution in [0.25, 0.3) is 0 Å². The fraction of sp³-hybridized carbons (Fsp3) is 0.643. The van der Waals surface area contributed by atoms with Gasteiger partial charge in [-0.1, -0.05) is 46.2 Å². The number of carbonyl (C=O) groups is 9. The van der Waals surface area contributed by atoms with E-state index in [1.54, 1.807) is 26.0 Å². The third-order valence-electron chi connectivity index (χ3n) is 10.8. The first-order valence-corrected chi connectivity index (χ1v) is 22.8. The summed E-state index contributed by atoms with van der Waals surface area (Å²) < 4.78 is 0. The third-order valence-corrected chi connectivity index (χ3v) is 12.3. The molecule has 10 amide bonds. The first-order valence-electron chi connectivity index (χ1n) is 21.8. The van der Waals surface area contributed by atoms with Crippen LogP contribution in [0.4, 0.5) is 4.79 Å². The SMILES string of the molecule is CC(C)CC(CC(=O)NO)C(=O)N[C@H](C(=O)N[C@@H](Cc1ccc(O)cc1)C(=O)NCC(=O)NCC(=O)N[C@@H](CCCCNC(=O)CCCC[C@@H]1SC[C@@H]2NC(=O)N[C@@H]21)C(N)=O)C(C)C. The number of aromatic hydroxyl groups is 1. The molecule has 2 aliphatic rings. The Morgan fingerprint density at radius 2 is 1.48 bits per heavy atom. The van der Waals surface area contributed by atoms with Gasteiger partial charge in [0, 0.05) is 42.7 Å². The van der Waals surface area contributed by atoms with Gasteiger partial charge in [-0.3, -0.25) is 43.6 Å². The van der Waals surface area contributed by atoms with Crippen molar-refractivity contribution in [2.45, 2.75) is 127 Å². The van der Waals surface area contributed by atoms with Crippen molar-refractivity contribution in [3.05, 3.63) is 29.8 Å². The lowest BCUT2D eigenvalue weighted by Crippen LogP contribution is -2.57. The molecule has 2 saturated heterocycles. The molecule has 0 radical (unpaired) electrons. The fourth-order valence-corrected chi connectivity index (χ4v) is 8.94. The zero-order valence-electron chi connectivity index (χ0n) is 37.0. The lowest BCUT2D eigenvalue weighted by molar-refractivity contribution is -0.137. The van der Waals surface area contributed by atoms with E-state index in [4.69, 9.17) is 10.9 Å². The van der Waals surface area contributed by atoms with E-state index in [1.807, 2.05) is 25.6 Å². The summed E-state index contributed by atoms with van der Waals surface area (Å²) in [4.78, 5) is 114. The first-order chi connectivity index (χ1) is 30.4. The van der Waals surface area contributed by atoms with Gasteiger partial charge in [-0.2, -0.15) is 11.8 Å². The summed E-state index contributed by atoms with van der Waals surface area (Å²) in [5, 5.41) is 40.4. The lowest BCUT2D eigenvalue weighted by atomic mass is 9.92. The second-order valence-electron chi connectivity index (χ2n) is 17.0. The maximum absolute atomic E-state index is 13.6. The summed E-state index contributed by atoms with van der Waals surface area (Å²) in [7, 11) is 0. The van der Waals surface area contributed by atoms with Crippen LogP contribution in [0.5, 0.6) is 5.75 Å². The van der Waals surface area contributed by atoms with Crippen molar-refractivity contribution < 1.29 is 53.5 Å². The summed E-state index contributed by atoms with van der Waals surface area (Å²) in [6.45, 7) is 6.31. The summed E-state index contributed by atoms with van der Waals surface area (Å²) in [5.41, 5.74) is 7.56. The van der Waals surface area contributed by atoms with E-state index < -0.39 is 84.4 Å². The molecule has 0 saturated carbocycles. The van der Waals surface area contributed by atoms with Gasteiger partial charge in [-0.25, -0.2) is 10.3 Å². The average Bonchev–Trinajstić information content (AvgIpc) is 3.80. The molecule has 0 aliphatic carbocycles. The quantitative estimate of drug-likeness (QED) is 0.0216. The number of primary amides is 1. The number of amides is 10. The van der Waals surface area contributed by atoms with Crippen molar-refractivity contribution in [2.75, 3.05) is 25.4 Å². The zero-order valence-corrected chi connectivity index (χ0v) is 37.8. The van der Waals surface area contributed by atoms with Gasteiger partial charge in [-0.15, -0.1) is 0 Å². The highest BCUT2D eigenvalue weighted by Crippen LogP contribution is 2.33. The molecule has 2 aliphatic heterocycles. The number of urea groups is 1.